The molecule has 18 valence electrons. The van der Waals surface area contributed by atoms with Crippen LogP contribution >= 0.6 is 0 Å². The summed E-state index contributed by atoms with van der Waals surface area (Å²) in [6.45, 7) is 0. The van der Waals surface area contributed by atoms with Gasteiger partial charge in [0.1, 0.15) is 0 Å². The standard InChI is InChI=1S/3Pb.Sm. The van der Waals surface area contributed by atoms with E-state index in [2.05, 4.69) is 0 Å². The zero-order chi connectivity index (χ0) is 0. The fraction of sp³-hybridized carbons (Fsp3) is 0. The zero-order valence-electron chi connectivity index (χ0n) is 1.91. The Labute approximate surface area is 119 Å². The van der Waals surface area contributed by atoms with Crippen LogP contribution < -0.4 is 0 Å². The molecule has 0 N–H and O–H groups in total. The Kier molecular flexibility index (Phi) is 95.4. The van der Waals surface area contributed by atoms with Crippen LogP contribution in [-0.4, -0.2) is 81.9 Å². The van der Waals surface area contributed by atoms with Crippen molar-refractivity contribution in [2.24, 2.45) is 0 Å². The first-order chi connectivity index (χ1) is 0. The van der Waals surface area contributed by atoms with Gasteiger partial charge in [-0.2, -0.15) is 0 Å². The van der Waals surface area contributed by atoms with E-state index in [0.717, 1.165) is 0 Å². The smallest absolute Gasteiger partial charge is 0 e. The molecule has 0 heterocycles. The molecule has 4 heavy (non-hydrogen) atoms. The van der Waals surface area contributed by atoms with Crippen molar-refractivity contribution in [2.45, 2.75) is 0 Å². The molecule has 0 aromatic heterocycles. The van der Waals surface area contributed by atoms with Crippen molar-refractivity contribution in [3.63, 3.8) is 0 Å². The maximum atomic E-state index is 0. The number of rotatable bonds is 0. The average molecular weight is 772 g/mol. The van der Waals surface area contributed by atoms with Gasteiger partial charge in [0.25, 0.3) is 0 Å². The van der Waals surface area contributed by atoms with Gasteiger partial charge < -0.3 is 0 Å². The summed E-state index contributed by atoms with van der Waals surface area (Å²) < 4.78 is 0. The van der Waals surface area contributed by atoms with Crippen LogP contribution in [-0.2, 0) is 0 Å². The summed E-state index contributed by atoms with van der Waals surface area (Å²) in [6.07, 6.45) is 0. The normalized spacial score (nSPS) is 0. The predicted octanol–water partition coefficient (Wildman–Crippen LogP) is -1.14. The van der Waals surface area contributed by atoms with Gasteiger partial charge in [-0.1, -0.05) is 0 Å². The molecule has 0 fully saturated rings. The average Bonchev–Trinajstić information content (AvgIpc) is 0. The molecule has 0 aromatic carbocycles. The van der Waals surface area contributed by atoms with Crippen molar-refractivity contribution in [2.75, 3.05) is 0 Å². The summed E-state index contributed by atoms with van der Waals surface area (Å²) in [7, 11) is 0. The Morgan fingerprint density at radius 1 is 0.500 bits per heavy atom. The molecule has 0 nitrogen and oxygen atoms in total. The van der Waals surface area contributed by atoms with Gasteiger partial charge >= 0.3 is 0 Å². The third-order valence-corrected chi connectivity index (χ3v) is 0. The van der Waals surface area contributed by atoms with Gasteiger partial charge in [0.2, 0.25) is 0 Å². The van der Waals surface area contributed by atoms with Crippen LogP contribution in [0.5, 0.6) is 0 Å². The fourth-order valence-corrected chi connectivity index (χ4v) is 0. The van der Waals surface area contributed by atoms with Crippen LogP contribution in [0, 0.1) is 40.4 Å². The molecule has 0 rings (SSSR count). The summed E-state index contributed by atoms with van der Waals surface area (Å²) in [4.78, 5) is 0. The van der Waals surface area contributed by atoms with Gasteiger partial charge in [-0.05, 0) is 0 Å². The topological polar surface area (TPSA) is 0 Å². The van der Waals surface area contributed by atoms with Gasteiger partial charge in [0.15, 0.2) is 0 Å². The Morgan fingerprint density at radius 2 is 0.500 bits per heavy atom. The van der Waals surface area contributed by atoms with Crippen molar-refractivity contribution >= 4 is 81.9 Å². The molecule has 0 amide bonds. The molecule has 4 heteroatoms. The minimum atomic E-state index is 0. The minimum Gasteiger partial charge on any atom is 0 e. The fourth-order valence-electron chi connectivity index (χ4n) is 0. The van der Waals surface area contributed by atoms with Gasteiger partial charge in [0.05, 0.1) is 0 Å². The first-order valence-corrected chi connectivity index (χ1v) is 0. The Morgan fingerprint density at radius 3 is 0.500 bits per heavy atom. The van der Waals surface area contributed by atoms with Crippen LogP contribution in [0.3, 0.4) is 0 Å². The van der Waals surface area contributed by atoms with Crippen molar-refractivity contribution in [3.05, 3.63) is 0 Å². The molecule has 0 aliphatic rings. The van der Waals surface area contributed by atoms with Crippen LogP contribution in [0.1, 0.15) is 0 Å². The quantitative estimate of drug-likeness (QED) is 0.274. The molecule has 12 radical (unpaired) electrons. The molecule has 0 spiro atoms. The molecule has 0 bridgehead atoms. The second-order valence-corrected chi connectivity index (χ2v) is 0. The largest absolute Gasteiger partial charge is 0 e. The van der Waals surface area contributed by atoms with Crippen molar-refractivity contribution in [3.8, 4) is 0 Å². The Balaban J connectivity index is 0. The van der Waals surface area contributed by atoms with Crippen molar-refractivity contribution < 1.29 is 40.4 Å². The van der Waals surface area contributed by atoms with Gasteiger partial charge in [-0.15, -0.1) is 0 Å². The summed E-state index contributed by atoms with van der Waals surface area (Å²) in [6, 6.07) is 0. The summed E-state index contributed by atoms with van der Waals surface area (Å²) >= 11 is 0. The molecule has 0 aliphatic heterocycles. The summed E-state index contributed by atoms with van der Waals surface area (Å²) in [5, 5.41) is 0. The minimum absolute atomic E-state index is 0. The van der Waals surface area contributed by atoms with Crippen LogP contribution in [0.4, 0.5) is 0 Å². The van der Waals surface area contributed by atoms with E-state index in [1.165, 1.54) is 0 Å². The molecule has 0 unspecified atom stereocenters. The molecule has 0 saturated heterocycles. The van der Waals surface area contributed by atoms with E-state index >= 15 is 0 Å². The predicted molar refractivity (Wildman–Crippen MR) is 17.3 cm³/mol. The maximum absolute atomic E-state index is 0. The van der Waals surface area contributed by atoms with E-state index < -0.39 is 0 Å². The van der Waals surface area contributed by atoms with Crippen molar-refractivity contribution in [1.29, 1.82) is 0 Å². The molecular formula is Pb3Sm. The van der Waals surface area contributed by atoms with Crippen LogP contribution in [0.2, 0.25) is 0 Å². The van der Waals surface area contributed by atoms with Crippen LogP contribution in [0.25, 0.3) is 0 Å². The molecule has 0 atom stereocenters. The second-order valence-electron chi connectivity index (χ2n) is 0. The first kappa shape index (κ1) is 24.3. The Hall–Kier alpha value is 4.10. The second kappa shape index (κ2) is 15.7. The third-order valence-electron chi connectivity index (χ3n) is 0. The van der Waals surface area contributed by atoms with E-state index in [0.29, 0.717) is 0 Å². The maximum Gasteiger partial charge on any atom is 0 e. The molecule has 0 aromatic rings. The first-order valence-electron chi connectivity index (χ1n) is 0. The van der Waals surface area contributed by atoms with Gasteiger partial charge in [-0.3, -0.25) is 0 Å². The zero-order valence-corrected chi connectivity index (χ0v) is 16.2. The number of hydrogen-bond acceptors (Lipinski definition) is 0. The molecule has 0 aliphatic carbocycles. The SMILES string of the molecule is [Pb].[Pb].[Pb].[Sm]. The number of hydrogen-bond donors (Lipinski definition) is 0. The van der Waals surface area contributed by atoms with Gasteiger partial charge in [-0.25, -0.2) is 0 Å². The van der Waals surface area contributed by atoms with E-state index in [1.54, 1.807) is 0 Å². The van der Waals surface area contributed by atoms with Gasteiger partial charge in [0, 0.05) is 122 Å². The summed E-state index contributed by atoms with van der Waals surface area (Å²) in [5.41, 5.74) is 0. The monoisotopic (exact) mass is 776 g/mol. The third kappa shape index (κ3) is 9.44. The van der Waals surface area contributed by atoms with E-state index in [4.69, 9.17) is 0 Å². The van der Waals surface area contributed by atoms with Crippen molar-refractivity contribution in [1.82, 2.24) is 0 Å². The van der Waals surface area contributed by atoms with E-state index in [1.807, 2.05) is 0 Å². The Bertz CT molecular complexity index is 3.25. The van der Waals surface area contributed by atoms with Crippen LogP contribution in [0.15, 0.2) is 0 Å². The molecular weight excluding hydrogens is 772 g/mol. The summed E-state index contributed by atoms with van der Waals surface area (Å²) in [5.74, 6) is 0. The van der Waals surface area contributed by atoms with E-state index in [9.17, 15) is 0 Å². The molecule has 0 saturated carbocycles. The van der Waals surface area contributed by atoms with E-state index in [-0.39, 0.29) is 122 Å².